The number of phenols is 1. The molecule has 0 atom stereocenters. The number of hydrogen-bond donors (Lipinski definition) is 1. The van der Waals surface area contributed by atoms with Crippen LogP contribution in [-0.4, -0.2) is 19.6 Å². The number of phenolic OH excluding ortho intramolecular Hbond substituents is 1. The van der Waals surface area contributed by atoms with Crippen LogP contribution in [0.15, 0.2) is 71.8 Å². The molecule has 0 radical (unpaired) electrons. The Kier molecular flexibility index (Phi) is 3.93. The van der Waals surface area contributed by atoms with Gasteiger partial charge in [0.05, 0.1) is 17.5 Å². The highest BCUT2D eigenvalue weighted by Crippen LogP contribution is 2.24. The molecule has 4 rings (SSSR count). The highest BCUT2D eigenvalue weighted by atomic mass is 19.1. The molecule has 2 heterocycles. The van der Waals surface area contributed by atoms with Crippen molar-refractivity contribution in [2.75, 3.05) is 0 Å². The smallest absolute Gasteiger partial charge is 0.299 e. The minimum Gasteiger partial charge on any atom is -0.505 e. The molecule has 0 bridgehead atoms. The van der Waals surface area contributed by atoms with Gasteiger partial charge in [-0.2, -0.15) is 4.98 Å². The summed E-state index contributed by atoms with van der Waals surface area (Å²) in [5, 5.41) is 9.32. The Morgan fingerprint density at radius 2 is 1.85 bits per heavy atom. The predicted octanol–water partition coefficient (Wildman–Crippen LogP) is 3.35. The number of pyridine rings is 1. The van der Waals surface area contributed by atoms with E-state index >= 15 is 0 Å². The van der Waals surface area contributed by atoms with Crippen LogP contribution in [0.25, 0.3) is 22.3 Å². The van der Waals surface area contributed by atoms with Crippen LogP contribution in [0.4, 0.5) is 4.39 Å². The third-order valence-corrected chi connectivity index (χ3v) is 4.14. The van der Waals surface area contributed by atoms with Gasteiger partial charge in [-0.3, -0.25) is 4.79 Å². The molecule has 0 unspecified atom stereocenters. The quantitative estimate of drug-likeness (QED) is 0.617. The van der Waals surface area contributed by atoms with Crippen molar-refractivity contribution in [2.24, 2.45) is 0 Å². The molecule has 0 fully saturated rings. The van der Waals surface area contributed by atoms with Gasteiger partial charge in [0.2, 0.25) is 0 Å². The predicted molar refractivity (Wildman–Crippen MR) is 96.4 cm³/mol. The number of aromatic nitrogens is 3. The van der Waals surface area contributed by atoms with Crippen LogP contribution in [0.5, 0.6) is 5.75 Å². The van der Waals surface area contributed by atoms with Crippen molar-refractivity contribution in [1.82, 2.24) is 14.5 Å². The van der Waals surface area contributed by atoms with E-state index in [0.29, 0.717) is 23.3 Å². The van der Waals surface area contributed by atoms with Gasteiger partial charge in [-0.25, -0.2) is 9.37 Å². The average molecular weight is 347 g/mol. The monoisotopic (exact) mass is 347 g/mol. The highest BCUT2D eigenvalue weighted by Gasteiger charge is 2.10. The van der Waals surface area contributed by atoms with E-state index in [1.807, 2.05) is 34.9 Å². The molecule has 26 heavy (non-hydrogen) atoms. The van der Waals surface area contributed by atoms with E-state index in [-0.39, 0.29) is 5.52 Å². The fourth-order valence-corrected chi connectivity index (χ4v) is 2.82. The van der Waals surface area contributed by atoms with Crippen LogP contribution in [-0.2, 0) is 6.54 Å². The molecule has 0 saturated heterocycles. The fraction of sp³-hybridized carbons (Fsp3) is 0.0500. The van der Waals surface area contributed by atoms with Gasteiger partial charge in [-0.05, 0) is 35.9 Å². The van der Waals surface area contributed by atoms with Gasteiger partial charge >= 0.3 is 0 Å². The molecule has 0 aliphatic rings. The molecule has 6 heteroatoms. The van der Waals surface area contributed by atoms with Crippen molar-refractivity contribution in [1.29, 1.82) is 0 Å². The van der Waals surface area contributed by atoms with Crippen LogP contribution in [0.2, 0.25) is 0 Å². The summed E-state index contributed by atoms with van der Waals surface area (Å²) >= 11 is 0. The first-order valence-corrected chi connectivity index (χ1v) is 8.01. The number of aromatic hydroxyl groups is 1. The van der Waals surface area contributed by atoms with E-state index in [2.05, 4.69) is 9.97 Å². The number of fused-ring (bicyclic) bond motifs is 1. The Bertz CT molecular complexity index is 1160. The molecule has 2 aromatic carbocycles. The van der Waals surface area contributed by atoms with E-state index < -0.39 is 17.1 Å². The Labute approximate surface area is 148 Å². The number of benzene rings is 2. The standard InChI is InChI=1S/C20H14FN3O2/c21-15-10-14(6-9-18(15)25)16-7-8-17-19(23-16)20(26)22-12-24(17)11-13-4-2-1-3-5-13/h1-10,12,25H,11H2. The maximum atomic E-state index is 13.6. The second-order valence-electron chi connectivity index (χ2n) is 5.89. The Hall–Kier alpha value is -3.54. The lowest BCUT2D eigenvalue weighted by Gasteiger charge is -2.11. The molecule has 0 aliphatic heterocycles. The molecule has 0 saturated carbocycles. The zero-order chi connectivity index (χ0) is 18.1. The number of nitrogens with zero attached hydrogens (tertiary/aromatic N) is 3. The Balaban J connectivity index is 1.82. The lowest BCUT2D eigenvalue weighted by Crippen LogP contribution is -2.14. The molecule has 0 aliphatic carbocycles. The van der Waals surface area contributed by atoms with Crippen molar-refractivity contribution >= 4 is 11.0 Å². The number of rotatable bonds is 3. The van der Waals surface area contributed by atoms with Crippen molar-refractivity contribution in [3.63, 3.8) is 0 Å². The van der Waals surface area contributed by atoms with Crippen LogP contribution < -0.4 is 5.56 Å². The van der Waals surface area contributed by atoms with E-state index in [9.17, 15) is 14.3 Å². The molecular weight excluding hydrogens is 333 g/mol. The summed E-state index contributed by atoms with van der Waals surface area (Å²) in [5.74, 6) is -1.17. The maximum absolute atomic E-state index is 13.6. The minimum absolute atomic E-state index is 0.217. The molecule has 0 spiro atoms. The van der Waals surface area contributed by atoms with Crippen LogP contribution in [0.3, 0.4) is 0 Å². The Morgan fingerprint density at radius 3 is 2.62 bits per heavy atom. The number of halogens is 1. The zero-order valence-corrected chi connectivity index (χ0v) is 13.6. The summed E-state index contributed by atoms with van der Waals surface area (Å²) in [6, 6.07) is 17.3. The van der Waals surface area contributed by atoms with Crippen LogP contribution in [0.1, 0.15) is 5.56 Å². The third kappa shape index (κ3) is 2.93. The van der Waals surface area contributed by atoms with Crippen molar-refractivity contribution < 1.29 is 9.50 Å². The summed E-state index contributed by atoms with van der Waals surface area (Å²) in [4.78, 5) is 20.5. The molecule has 5 nitrogen and oxygen atoms in total. The zero-order valence-electron chi connectivity index (χ0n) is 13.6. The summed E-state index contributed by atoms with van der Waals surface area (Å²) < 4.78 is 15.5. The van der Waals surface area contributed by atoms with Gasteiger partial charge in [0.15, 0.2) is 17.1 Å². The second kappa shape index (κ2) is 6.40. The second-order valence-corrected chi connectivity index (χ2v) is 5.89. The summed E-state index contributed by atoms with van der Waals surface area (Å²) in [6.45, 7) is 0.555. The third-order valence-electron chi connectivity index (χ3n) is 4.14. The first-order valence-electron chi connectivity index (χ1n) is 8.01. The summed E-state index contributed by atoms with van der Waals surface area (Å²) in [5.41, 5.74) is 2.41. The van der Waals surface area contributed by atoms with Crippen LogP contribution >= 0.6 is 0 Å². The minimum atomic E-state index is -0.739. The normalized spacial score (nSPS) is 11.0. The molecular formula is C20H14FN3O2. The number of hydrogen-bond acceptors (Lipinski definition) is 4. The van der Waals surface area contributed by atoms with Gasteiger partial charge in [0, 0.05) is 12.1 Å². The van der Waals surface area contributed by atoms with E-state index in [0.717, 1.165) is 5.56 Å². The fourth-order valence-electron chi connectivity index (χ4n) is 2.82. The van der Waals surface area contributed by atoms with Gasteiger partial charge in [0.1, 0.15) is 0 Å². The molecule has 1 N–H and O–H groups in total. The summed E-state index contributed by atoms with van der Waals surface area (Å²) in [7, 11) is 0. The Morgan fingerprint density at radius 1 is 1.04 bits per heavy atom. The molecule has 2 aromatic heterocycles. The topological polar surface area (TPSA) is 68.0 Å². The molecule has 0 amide bonds. The van der Waals surface area contributed by atoms with Crippen molar-refractivity contribution in [3.8, 4) is 17.0 Å². The van der Waals surface area contributed by atoms with Gasteiger partial charge in [-0.1, -0.05) is 30.3 Å². The van der Waals surface area contributed by atoms with Gasteiger partial charge in [-0.15, -0.1) is 0 Å². The molecule has 4 aromatic rings. The van der Waals surface area contributed by atoms with Crippen LogP contribution in [0, 0.1) is 5.82 Å². The SMILES string of the molecule is O=c1ncn(Cc2ccccc2)c2ccc(-c3ccc(O)c(F)c3)nc12. The first kappa shape index (κ1) is 16.0. The van der Waals surface area contributed by atoms with Gasteiger partial charge < -0.3 is 9.67 Å². The molecule has 128 valence electrons. The van der Waals surface area contributed by atoms with E-state index in [1.54, 1.807) is 18.2 Å². The first-order chi connectivity index (χ1) is 12.6. The van der Waals surface area contributed by atoms with E-state index in [1.165, 1.54) is 18.5 Å². The lowest BCUT2D eigenvalue weighted by atomic mass is 10.1. The average Bonchev–Trinajstić information content (AvgIpc) is 2.67. The van der Waals surface area contributed by atoms with Gasteiger partial charge in [0.25, 0.3) is 5.56 Å². The van der Waals surface area contributed by atoms with Crippen molar-refractivity contribution in [3.05, 3.63) is 88.7 Å². The maximum Gasteiger partial charge on any atom is 0.299 e. The summed E-state index contributed by atoms with van der Waals surface area (Å²) in [6.07, 6.45) is 1.50. The lowest BCUT2D eigenvalue weighted by molar-refractivity contribution is 0.432. The highest BCUT2D eigenvalue weighted by molar-refractivity contribution is 5.77. The largest absolute Gasteiger partial charge is 0.505 e. The van der Waals surface area contributed by atoms with E-state index in [4.69, 9.17) is 0 Å². The van der Waals surface area contributed by atoms with Crippen molar-refractivity contribution in [2.45, 2.75) is 6.54 Å².